The van der Waals surface area contributed by atoms with E-state index in [1.54, 1.807) is 32.9 Å². The van der Waals surface area contributed by atoms with E-state index in [4.69, 9.17) is 4.74 Å². The van der Waals surface area contributed by atoms with Gasteiger partial charge in [0, 0.05) is 17.0 Å². The molecule has 3 rings (SSSR count). The summed E-state index contributed by atoms with van der Waals surface area (Å²) in [6.45, 7) is 6.54. The van der Waals surface area contributed by atoms with Gasteiger partial charge in [-0.3, -0.25) is 14.8 Å². The van der Waals surface area contributed by atoms with Crippen LogP contribution in [0.4, 0.5) is 4.39 Å². The number of benzene rings is 1. The highest BCUT2D eigenvalue weighted by Gasteiger charge is 2.23. The van der Waals surface area contributed by atoms with Crippen LogP contribution in [-0.4, -0.2) is 58.6 Å². The number of aryl methyl sites for hydroxylation is 2. The fourth-order valence-electron chi connectivity index (χ4n) is 3.74. The molecule has 1 aromatic carbocycles. The topological polar surface area (TPSA) is 91.1 Å². The molecule has 0 saturated heterocycles. The molecule has 170 valence electrons. The number of aromatic nitrogens is 3. The Labute approximate surface area is 187 Å². The molecule has 2 aromatic heterocycles. The number of rotatable bonds is 10. The minimum Gasteiger partial charge on any atom is -0.462 e. The summed E-state index contributed by atoms with van der Waals surface area (Å²) in [7, 11) is 1.90. The number of esters is 1. The summed E-state index contributed by atoms with van der Waals surface area (Å²) in [5, 5.41) is 7.31. The van der Waals surface area contributed by atoms with Crippen molar-refractivity contribution in [2.24, 2.45) is 0 Å². The van der Waals surface area contributed by atoms with E-state index in [0.717, 1.165) is 36.3 Å². The first kappa shape index (κ1) is 23.4. The SMILES string of the molecule is CCOC(=O)c1c(C)[nH]c(C(=O)CN(C)CCCc2cc(-c3ccc(F)cc3)n[nH]2)c1C. The Morgan fingerprint density at radius 2 is 1.91 bits per heavy atom. The number of ketones is 1. The van der Waals surface area contributed by atoms with Crippen LogP contribution in [0.15, 0.2) is 30.3 Å². The van der Waals surface area contributed by atoms with Gasteiger partial charge in [0.05, 0.1) is 30.1 Å². The van der Waals surface area contributed by atoms with Gasteiger partial charge in [0.25, 0.3) is 0 Å². The average Bonchev–Trinajstić information content (AvgIpc) is 3.33. The van der Waals surface area contributed by atoms with E-state index in [0.29, 0.717) is 22.5 Å². The fraction of sp³-hybridized carbons (Fsp3) is 0.375. The zero-order chi connectivity index (χ0) is 23.3. The monoisotopic (exact) mass is 440 g/mol. The van der Waals surface area contributed by atoms with Gasteiger partial charge in [-0.2, -0.15) is 5.10 Å². The lowest BCUT2D eigenvalue weighted by Gasteiger charge is -2.15. The Bertz CT molecular complexity index is 1090. The van der Waals surface area contributed by atoms with Crippen molar-refractivity contribution in [1.82, 2.24) is 20.1 Å². The van der Waals surface area contributed by atoms with E-state index >= 15 is 0 Å². The van der Waals surface area contributed by atoms with Gasteiger partial charge in [-0.25, -0.2) is 9.18 Å². The smallest absolute Gasteiger partial charge is 0.340 e. The number of likely N-dealkylation sites (N-methyl/N-ethyl adjacent to an activating group) is 1. The predicted molar refractivity (Wildman–Crippen MR) is 120 cm³/mol. The van der Waals surface area contributed by atoms with E-state index in [-0.39, 0.29) is 24.8 Å². The van der Waals surface area contributed by atoms with Crippen molar-refractivity contribution in [2.45, 2.75) is 33.6 Å². The molecule has 0 fully saturated rings. The molecular weight excluding hydrogens is 411 g/mol. The van der Waals surface area contributed by atoms with Crippen molar-refractivity contribution in [3.8, 4) is 11.3 Å². The second-order valence-corrected chi connectivity index (χ2v) is 7.90. The van der Waals surface area contributed by atoms with E-state index in [1.165, 1.54) is 12.1 Å². The maximum atomic E-state index is 13.1. The van der Waals surface area contributed by atoms with E-state index in [2.05, 4.69) is 15.2 Å². The zero-order valence-corrected chi connectivity index (χ0v) is 18.9. The number of halogens is 1. The Morgan fingerprint density at radius 3 is 2.59 bits per heavy atom. The molecule has 0 spiro atoms. The number of H-pyrrole nitrogens is 2. The summed E-state index contributed by atoms with van der Waals surface area (Å²) < 4.78 is 18.2. The lowest BCUT2D eigenvalue weighted by Crippen LogP contribution is -2.28. The number of nitrogens with zero attached hydrogens (tertiary/aromatic N) is 2. The maximum absolute atomic E-state index is 13.1. The molecule has 2 N–H and O–H groups in total. The van der Waals surface area contributed by atoms with Crippen molar-refractivity contribution in [3.63, 3.8) is 0 Å². The molecule has 0 aliphatic heterocycles. The van der Waals surface area contributed by atoms with E-state index in [1.807, 2.05) is 18.0 Å². The van der Waals surface area contributed by atoms with E-state index < -0.39 is 5.97 Å². The van der Waals surface area contributed by atoms with Gasteiger partial charge in [-0.1, -0.05) is 0 Å². The number of aromatic amines is 2. The van der Waals surface area contributed by atoms with Crippen molar-refractivity contribution >= 4 is 11.8 Å². The first-order chi connectivity index (χ1) is 15.3. The minimum atomic E-state index is -0.411. The van der Waals surface area contributed by atoms with Crippen molar-refractivity contribution in [2.75, 3.05) is 26.7 Å². The van der Waals surface area contributed by atoms with Gasteiger partial charge in [0.1, 0.15) is 5.82 Å². The normalized spacial score (nSPS) is 11.2. The Balaban J connectivity index is 1.52. The van der Waals surface area contributed by atoms with E-state index in [9.17, 15) is 14.0 Å². The second kappa shape index (κ2) is 10.4. The highest BCUT2D eigenvalue weighted by Crippen LogP contribution is 2.20. The summed E-state index contributed by atoms with van der Waals surface area (Å²) in [6.07, 6.45) is 1.62. The number of Topliss-reactive ketones (excluding diaryl/α,β-unsaturated/α-hetero) is 1. The molecule has 0 bridgehead atoms. The molecular formula is C24H29FN4O3. The molecule has 7 nitrogen and oxygen atoms in total. The number of carbonyl (C=O) groups is 2. The molecule has 0 radical (unpaired) electrons. The Kier molecular flexibility index (Phi) is 7.58. The summed E-state index contributed by atoms with van der Waals surface area (Å²) in [4.78, 5) is 29.9. The third-order valence-corrected chi connectivity index (χ3v) is 5.37. The van der Waals surface area contributed by atoms with Crippen LogP contribution in [0.1, 0.15) is 51.1 Å². The molecule has 0 atom stereocenters. The molecule has 32 heavy (non-hydrogen) atoms. The predicted octanol–water partition coefficient (Wildman–Crippen LogP) is 4.08. The molecule has 0 saturated carbocycles. The summed E-state index contributed by atoms with van der Waals surface area (Å²) in [5.41, 5.74) is 4.78. The third kappa shape index (κ3) is 5.50. The van der Waals surface area contributed by atoms with Crippen LogP contribution < -0.4 is 0 Å². The van der Waals surface area contributed by atoms with Crippen LogP contribution in [0.2, 0.25) is 0 Å². The number of hydrogen-bond acceptors (Lipinski definition) is 5. The molecule has 0 aliphatic carbocycles. The van der Waals surface area contributed by atoms with Gasteiger partial charge in [0.2, 0.25) is 0 Å². The lowest BCUT2D eigenvalue weighted by molar-refractivity contribution is 0.0525. The molecule has 0 amide bonds. The molecule has 0 aliphatic rings. The zero-order valence-electron chi connectivity index (χ0n) is 18.9. The van der Waals surface area contributed by atoms with Gasteiger partial charge in [0.15, 0.2) is 5.78 Å². The Hall–Kier alpha value is -3.26. The molecule has 0 unspecified atom stereocenters. The van der Waals surface area contributed by atoms with Crippen LogP contribution in [0.3, 0.4) is 0 Å². The largest absolute Gasteiger partial charge is 0.462 e. The van der Waals surface area contributed by atoms with Crippen LogP contribution in [0.5, 0.6) is 0 Å². The summed E-state index contributed by atoms with van der Waals surface area (Å²) in [5.74, 6) is -0.751. The van der Waals surface area contributed by atoms with Gasteiger partial charge in [-0.15, -0.1) is 0 Å². The maximum Gasteiger partial charge on any atom is 0.340 e. The first-order valence-electron chi connectivity index (χ1n) is 10.7. The van der Waals surface area contributed by atoms with Gasteiger partial charge in [-0.05, 0) is 83.1 Å². The van der Waals surface area contributed by atoms with Crippen LogP contribution in [0.25, 0.3) is 11.3 Å². The van der Waals surface area contributed by atoms with Gasteiger partial charge < -0.3 is 9.72 Å². The van der Waals surface area contributed by atoms with Crippen molar-refractivity contribution in [1.29, 1.82) is 0 Å². The van der Waals surface area contributed by atoms with Crippen molar-refractivity contribution < 1.29 is 18.7 Å². The number of nitrogens with one attached hydrogen (secondary N) is 2. The lowest BCUT2D eigenvalue weighted by atomic mass is 10.1. The van der Waals surface area contributed by atoms with Crippen LogP contribution in [0, 0.1) is 19.7 Å². The summed E-state index contributed by atoms with van der Waals surface area (Å²) >= 11 is 0. The van der Waals surface area contributed by atoms with Crippen molar-refractivity contribution in [3.05, 3.63) is 64.4 Å². The molecule has 3 aromatic rings. The quantitative estimate of drug-likeness (QED) is 0.366. The highest BCUT2D eigenvalue weighted by molar-refractivity contribution is 6.02. The second-order valence-electron chi connectivity index (χ2n) is 7.90. The van der Waals surface area contributed by atoms with Crippen LogP contribution >= 0.6 is 0 Å². The molecule has 2 heterocycles. The summed E-state index contributed by atoms with van der Waals surface area (Å²) in [6, 6.07) is 8.19. The average molecular weight is 441 g/mol. The highest BCUT2D eigenvalue weighted by atomic mass is 19.1. The number of carbonyl (C=O) groups excluding carboxylic acids is 2. The van der Waals surface area contributed by atoms with Crippen LogP contribution in [-0.2, 0) is 11.2 Å². The fourth-order valence-corrected chi connectivity index (χ4v) is 3.74. The Morgan fingerprint density at radius 1 is 1.19 bits per heavy atom. The first-order valence-corrected chi connectivity index (χ1v) is 10.7. The number of ether oxygens (including phenoxy) is 1. The molecule has 8 heteroatoms. The minimum absolute atomic E-state index is 0.0659. The van der Waals surface area contributed by atoms with Gasteiger partial charge >= 0.3 is 5.97 Å². The standard InChI is InChI=1S/C24H29FN4O3/c1-5-32-24(31)22-15(2)23(26-16(22)3)21(30)14-29(4)12-6-7-19-13-20(28-27-19)17-8-10-18(25)11-9-17/h8-11,13,26H,5-7,12,14H2,1-4H3,(H,27,28). The third-order valence-electron chi connectivity index (χ3n) is 5.37. The number of hydrogen-bond donors (Lipinski definition) is 2.